The molecular formula is C21H21NO2. The maximum atomic E-state index is 11.1. The van der Waals surface area contributed by atoms with E-state index >= 15 is 0 Å². The molecule has 0 saturated heterocycles. The fraction of sp³-hybridized carbons (Fsp3) is 0.286. The monoisotopic (exact) mass is 319 g/mol. The summed E-state index contributed by atoms with van der Waals surface area (Å²) in [6, 6.07) is 12.0. The first-order chi connectivity index (χ1) is 11.6. The van der Waals surface area contributed by atoms with Crippen LogP contribution in [-0.2, 0) is 0 Å². The first kappa shape index (κ1) is 15.0. The maximum Gasteiger partial charge on any atom is 0.335 e. The van der Waals surface area contributed by atoms with E-state index in [-0.39, 0.29) is 6.04 Å². The molecule has 1 aliphatic heterocycles. The van der Waals surface area contributed by atoms with Crippen LogP contribution in [0.15, 0.2) is 48.6 Å². The van der Waals surface area contributed by atoms with Gasteiger partial charge in [0.1, 0.15) is 0 Å². The minimum atomic E-state index is -0.879. The van der Waals surface area contributed by atoms with Crippen molar-refractivity contribution in [2.75, 3.05) is 5.32 Å². The van der Waals surface area contributed by atoms with E-state index in [1.165, 1.54) is 22.4 Å². The van der Waals surface area contributed by atoms with Crippen molar-refractivity contribution in [1.29, 1.82) is 0 Å². The van der Waals surface area contributed by atoms with Gasteiger partial charge in [0.05, 0.1) is 11.6 Å². The van der Waals surface area contributed by atoms with Gasteiger partial charge in [-0.3, -0.25) is 0 Å². The molecule has 0 amide bonds. The SMILES string of the molecule is Cc1ccc2c(c1C)N[C@H](c1ccc(C(=O)O)cc1)[C@@H]1CC=C[C@@H]21. The van der Waals surface area contributed by atoms with Crippen LogP contribution in [0.3, 0.4) is 0 Å². The predicted octanol–water partition coefficient (Wildman–Crippen LogP) is 4.83. The van der Waals surface area contributed by atoms with Crippen LogP contribution in [0.5, 0.6) is 0 Å². The Morgan fingerprint density at radius 1 is 1.12 bits per heavy atom. The average molecular weight is 319 g/mol. The summed E-state index contributed by atoms with van der Waals surface area (Å²) in [7, 11) is 0. The van der Waals surface area contributed by atoms with Gasteiger partial charge >= 0.3 is 5.97 Å². The van der Waals surface area contributed by atoms with Gasteiger partial charge in [-0.25, -0.2) is 4.79 Å². The van der Waals surface area contributed by atoms with E-state index in [0.29, 0.717) is 17.4 Å². The Hall–Kier alpha value is -2.55. The Kier molecular flexibility index (Phi) is 3.45. The number of aromatic carboxylic acids is 1. The van der Waals surface area contributed by atoms with Gasteiger partial charge in [0.2, 0.25) is 0 Å². The van der Waals surface area contributed by atoms with Crippen molar-refractivity contribution in [3.63, 3.8) is 0 Å². The fourth-order valence-corrected chi connectivity index (χ4v) is 4.08. The van der Waals surface area contributed by atoms with Gasteiger partial charge in [0.25, 0.3) is 0 Å². The molecule has 2 N–H and O–H groups in total. The summed E-state index contributed by atoms with van der Waals surface area (Å²) >= 11 is 0. The lowest BCUT2D eigenvalue weighted by Gasteiger charge is -2.38. The van der Waals surface area contributed by atoms with Gasteiger partial charge < -0.3 is 10.4 Å². The van der Waals surface area contributed by atoms with Gasteiger partial charge in [0, 0.05) is 11.6 Å². The summed E-state index contributed by atoms with van der Waals surface area (Å²) in [5.41, 5.74) is 6.72. The summed E-state index contributed by atoms with van der Waals surface area (Å²) in [6.07, 6.45) is 5.66. The minimum absolute atomic E-state index is 0.209. The van der Waals surface area contributed by atoms with E-state index in [4.69, 9.17) is 5.11 Å². The highest BCUT2D eigenvalue weighted by Gasteiger charge is 2.38. The number of carboxylic acid groups (broad SMARTS) is 1. The zero-order chi connectivity index (χ0) is 16.8. The van der Waals surface area contributed by atoms with Gasteiger partial charge in [0.15, 0.2) is 0 Å². The van der Waals surface area contributed by atoms with Gasteiger partial charge in [-0.1, -0.05) is 36.4 Å². The number of allylic oxidation sites excluding steroid dienone is 2. The number of nitrogens with one attached hydrogen (secondary N) is 1. The van der Waals surface area contributed by atoms with E-state index < -0.39 is 5.97 Å². The first-order valence-corrected chi connectivity index (χ1v) is 8.43. The van der Waals surface area contributed by atoms with Crippen molar-refractivity contribution in [3.8, 4) is 0 Å². The molecule has 0 spiro atoms. The second-order valence-corrected chi connectivity index (χ2v) is 6.87. The van der Waals surface area contributed by atoms with Crippen molar-refractivity contribution < 1.29 is 9.90 Å². The summed E-state index contributed by atoms with van der Waals surface area (Å²) in [6.45, 7) is 4.31. The topological polar surface area (TPSA) is 49.3 Å². The van der Waals surface area contributed by atoms with Crippen LogP contribution < -0.4 is 5.32 Å². The van der Waals surface area contributed by atoms with Crippen molar-refractivity contribution >= 4 is 11.7 Å². The third-order valence-corrected chi connectivity index (χ3v) is 5.58. The lowest BCUT2D eigenvalue weighted by atomic mass is 9.76. The lowest BCUT2D eigenvalue weighted by Crippen LogP contribution is -2.29. The average Bonchev–Trinajstić information content (AvgIpc) is 3.07. The highest BCUT2D eigenvalue weighted by atomic mass is 16.4. The van der Waals surface area contributed by atoms with E-state index in [1.54, 1.807) is 12.1 Å². The molecular weight excluding hydrogens is 298 g/mol. The molecule has 4 rings (SSSR count). The number of rotatable bonds is 2. The fourth-order valence-electron chi connectivity index (χ4n) is 4.08. The Morgan fingerprint density at radius 3 is 2.58 bits per heavy atom. The Labute approximate surface area is 142 Å². The molecule has 1 heterocycles. The zero-order valence-corrected chi connectivity index (χ0v) is 13.9. The molecule has 0 aromatic heterocycles. The van der Waals surface area contributed by atoms with Crippen molar-refractivity contribution in [3.05, 3.63) is 76.4 Å². The molecule has 122 valence electrons. The van der Waals surface area contributed by atoms with E-state index in [2.05, 4.69) is 43.4 Å². The number of carbonyl (C=O) groups is 1. The zero-order valence-electron chi connectivity index (χ0n) is 13.9. The number of hydrogen-bond donors (Lipinski definition) is 2. The largest absolute Gasteiger partial charge is 0.478 e. The van der Waals surface area contributed by atoms with Crippen molar-refractivity contribution in [1.82, 2.24) is 0 Å². The second-order valence-electron chi connectivity index (χ2n) is 6.87. The normalized spacial score (nSPS) is 24.2. The lowest BCUT2D eigenvalue weighted by molar-refractivity contribution is 0.0697. The standard InChI is InChI=1S/C21H21NO2/c1-12-6-11-18-16-4-3-5-17(16)20(22-19(18)13(12)2)14-7-9-15(10-8-14)21(23)24/h3-4,6-11,16-17,20,22H,5H2,1-2H3,(H,23,24)/t16-,17-,20-/m1/s1. The molecule has 3 nitrogen and oxygen atoms in total. The summed E-state index contributed by atoms with van der Waals surface area (Å²) < 4.78 is 0. The highest BCUT2D eigenvalue weighted by Crippen LogP contribution is 2.50. The molecule has 3 atom stereocenters. The van der Waals surface area contributed by atoms with Crippen LogP contribution in [0.2, 0.25) is 0 Å². The molecule has 0 radical (unpaired) electrons. The van der Waals surface area contributed by atoms with E-state index in [9.17, 15) is 4.79 Å². The smallest absolute Gasteiger partial charge is 0.335 e. The molecule has 3 heteroatoms. The predicted molar refractivity (Wildman–Crippen MR) is 95.7 cm³/mol. The number of aryl methyl sites for hydroxylation is 1. The minimum Gasteiger partial charge on any atom is -0.478 e. The third-order valence-electron chi connectivity index (χ3n) is 5.58. The number of fused-ring (bicyclic) bond motifs is 3. The van der Waals surface area contributed by atoms with Crippen LogP contribution in [0.25, 0.3) is 0 Å². The second kappa shape index (κ2) is 5.52. The van der Waals surface area contributed by atoms with Crippen molar-refractivity contribution in [2.45, 2.75) is 32.2 Å². The summed E-state index contributed by atoms with van der Waals surface area (Å²) in [5.74, 6) is 0.0374. The van der Waals surface area contributed by atoms with E-state index in [1.807, 2.05) is 12.1 Å². The molecule has 1 aliphatic carbocycles. The van der Waals surface area contributed by atoms with Gasteiger partial charge in [-0.05, 0) is 60.6 Å². The third kappa shape index (κ3) is 2.23. The van der Waals surface area contributed by atoms with Crippen molar-refractivity contribution in [2.24, 2.45) is 5.92 Å². The molecule has 0 fully saturated rings. The van der Waals surface area contributed by atoms with Crippen LogP contribution in [0.4, 0.5) is 5.69 Å². The number of anilines is 1. The van der Waals surface area contributed by atoms with Gasteiger partial charge in [-0.15, -0.1) is 0 Å². The number of hydrogen-bond acceptors (Lipinski definition) is 2. The van der Waals surface area contributed by atoms with Gasteiger partial charge in [-0.2, -0.15) is 0 Å². The molecule has 2 aromatic carbocycles. The number of carboxylic acids is 1. The van der Waals surface area contributed by atoms with Crippen LogP contribution >= 0.6 is 0 Å². The van der Waals surface area contributed by atoms with Crippen LogP contribution in [-0.4, -0.2) is 11.1 Å². The quantitative estimate of drug-likeness (QED) is 0.780. The Balaban J connectivity index is 1.77. The molecule has 0 bridgehead atoms. The Morgan fingerprint density at radius 2 is 1.88 bits per heavy atom. The maximum absolute atomic E-state index is 11.1. The number of benzene rings is 2. The molecule has 0 saturated carbocycles. The summed E-state index contributed by atoms with van der Waals surface area (Å²) in [4.78, 5) is 11.1. The van der Waals surface area contributed by atoms with E-state index in [0.717, 1.165) is 12.0 Å². The Bertz CT molecular complexity index is 836. The van der Waals surface area contributed by atoms with Crippen LogP contribution in [0, 0.1) is 19.8 Å². The molecule has 2 aromatic rings. The van der Waals surface area contributed by atoms with Crippen LogP contribution in [0.1, 0.15) is 51.0 Å². The molecule has 24 heavy (non-hydrogen) atoms. The first-order valence-electron chi connectivity index (χ1n) is 8.43. The highest BCUT2D eigenvalue weighted by molar-refractivity contribution is 5.87. The molecule has 0 unspecified atom stereocenters. The summed E-state index contributed by atoms with van der Waals surface area (Å²) in [5, 5.41) is 12.9. The molecule has 2 aliphatic rings.